The van der Waals surface area contributed by atoms with E-state index in [0.717, 1.165) is 45.6 Å². The van der Waals surface area contributed by atoms with Crippen LogP contribution in [0.1, 0.15) is 25.7 Å². The van der Waals surface area contributed by atoms with Crippen LogP contribution in [-0.2, 0) is 9.47 Å². The van der Waals surface area contributed by atoms with E-state index in [9.17, 15) is 0 Å². The third-order valence-electron chi connectivity index (χ3n) is 4.22. The van der Waals surface area contributed by atoms with Crippen LogP contribution in [0.3, 0.4) is 0 Å². The lowest BCUT2D eigenvalue weighted by atomic mass is 9.95. The SMILES string of the molecule is C1=CN=CC(C=CC2CCNC2)(OC2CCOCC2)C1. The molecule has 2 unspecified atom stereocenters. The minimum absolute atomic E-state index is 0.285. The van der Waals surface area contributed by atoms with Crippen molar-refractivity contribution in [1.29, 1.82) is 0 Å². The highest BCUT2D eigenvalue weighted by molar-refractivity contribution is 5.74. The molecule has 0 aromatic rings. The predicted molar refractivity (Wildman–Crippen MR) is 80.0 cm³/mol. The molecule has 0 amide bonds. The van der Waals surface area contributed by atoms with Gasteiger partial charge in [-0.05, 0) is 31.7 Å². The molecule has 4 nitrogen and oxygen atoms in total. The number of hydrogen-bond acceptors (Lipinski definition) is 4. The van der Waals surface area contributed by atoms with Crippen molar-refractivity contribution in [3.8, 4) is 0 Å². The van der Waals surface area contributed by atoms with Crippen molar-refractivity contribution in [1.82, 2.24) is 5.32 Å². The molecule has 4 heteroatoms. The fraction of sp³-hybridized carbons (Fsp3) is 0.688. The fourth-order valence-corrected chi connectivity index (χ4v) is 2.99. The molecule has 2 saturated heterocycles. The second kappa shape index (κ2) is 6.66. The second-order valence-electron chi connectivity index (χ2n) is 5.86. The van der Waals surface area contributed by atoms with E-state index >= 15 is 0 Å². The molecule has 0 saturated carbocycles. The van der Waals surface area contributed by atoms with Crippen molar-refractivity contribution in [2.45, 2.75) is 37.4 Å². The zero-order valence-electron chi connectivity index (χ0n) is 12.0. The first-order valence-corrected chi connectivity index (χ1v) is 7.71. The van der Waals surface area contributed by atoms with Gasteiger partial charge in [0.05, 0.1) is 6.10 Å². The Morgan fingerprint density at radius 1 is 1.30 bits per heavy atom. The Morgan fingerprint density at radius 3 is 2.90 bits per heavy atom. The first kappa shape index (κ1) is 14.0. The van der Waals surface area contributed by atoms with E-state index in [2.05, 4.69) is 28.5 Å². The maximum Gasteiger partial charge on any atom is 0.125 e. The summed E-state index contributed by atoms with van der Waals surface area (Å²) in [5.74, 6) is 0.629. The normalized spacial score (nSPS) is 35.1. The Balaban J connectivity index is 1.67. The zero-order chi connectivity index (χ0) is 13.7. The molecule has 0 aliphatic carbocycles. The highest BCUT2D eigenvalue weighted by atomic mass is 16.5. The summed E-state index contributed by atoms with van der Waals surface area (Å²) in [4.78, 5) is 4.31. The molecule has 2 fully saturated rings. The summed E-state index contributed by atoms with van der Waals surface area (Å²) in [7, 11) is 0. The summed E-state index contributed by atoms with van der Waals surface area (Å²) in [5, 5.41) is 3.40. The van der Waals surface area contributed by atoms with E-state index in [-0.39, 0.29) is 11.7 Å². The molecule has 2 atom stereocenters. The largest absolute Gasteiger partial charge is 0.381 e. The molecule has 0 bridgehead atoms. The van der Waals surface area contributed by atoms with Gasteiger partial charge in [-0.3, -0.25) is 4.99 Å². The summed E-state index contributed by atoms with van der Waals surface area (Å²) in [6.45, 7) is 3.82. The average Bonchev–Trinajstić information content (AvgIpc) is 3.01. The average molecular weight is 276 g/mol. The van der Waals surface area contributed by atoms with Gasteiger partial charge in [0.2, 0.25) is 0 Å². The van der Waals surface area contributed by atoms with Gasteiger partial charge in [0, 0.05) is 38.6 Å². The van der Waals surface area contributed by atoms with Crippen LogP contribution in [-0.4, -0.2) is 44.2 Å². The van der Waals surface area contributed by atoms with Crippen molar-refractivity contribution >= 4 is 6.21 Å². The topological polar surface area (TPSA) is 42.9 Å². The lowest BCUT2D eigenvalue weighted by molar-refractivity contribution is -0.0725. The highest BCUT2D eigenvalue weighted by Gasteiger charge is 2.31. The number of hydrogen-bond donors (Lipinski definition) is 1. The minimum atomic E-state index is -0.348. The van der Waals surface area contributed by atoms with Gasteiger partial charge in [-0.1, -0.05) is 18.2 Å². The van der Waals surface area contributed by atoms with Gasteiger partial charge >= 0.3 is 0 Å². The fourth-order valence-electron chi connectivity index (χ4n) is 2.99. The number of rotatable bonds is 4. The van der Waals surface area contributed by atoms with E-state index in [0.29, 0.717) is 5.92 Å². The van der Waals surface area contributed by atoms with Crippen molar-refractivity contribution in [2.75, 3.05) is 26.3 Å². The standard InChI is InChI=1S/C16H24N2O2/c1-6-16(13-18-8-1,7-2-14-3-9-17-12-14)20-15-4-10-19-11-5-15/h1-2,7-8,13-15,17H,3-6,9-12H2. The van der Waals surface area contributed by atoms with Crippen LogP contribution in [0.25, 0.3) is 0 Å². The summed E-state index contributed by atoms with van der Waals surface area (Å²) in [5.41, 5.74) is -0.348. The minimum Gasteiger partial charge on any atom is -0.381 e. The van der Waals surface area contributed by atoms with E-state index in [4.69, 9.17) is 9.47 Å². The Hall–Kier alpha value is -0.970. The van der Waals surface area contributed by atoms with Crippen molar-refractivity contribution in [2.24, 2.45) is 10.9 Å². The monoisotopic (exact) mass is 276 g/mol. The van der Waals surface area contributed by atoms with Crippen molar-refractivity contribution < 1.29 is 9.47 Å². The summed E-state index contributed by atoms with van der Waals surface area (Å²) < 4.78 is 11.8. The molecule has 0 aromatic carbocycles. The molecule has 0 aromatic heterocycles. The smallest absolute Gasteiger partial charge is 0.125 e. The van der Waals surface area contributed by atoms with Crippen LogP contribution in [0.4, 0.5) is 0 Å². The van der Waals surface area contributed by atoms with Gasteiger partial charge in [-0.15, -0.1) is 0 Å². The second-order valence-corrected chi connectivity index (χ2v) is 5.86. The molecule has 3 aliphatic rings. The number of nitrogens with one attached hydrogen (secondary N) is 1. The quantitative estimate of drug-likeness (QED) is 0.799. The van der Waals surface area contributed by atoms with E-state index in [1.165, 1.54) is 6.42 Å². The maximum absolute atomic E-state index is 6.39. The molecule has 20 heavy (non-hydrogen) atoms. The molecule has 0 radical (unpaired) electrons. The van der Waals surface area contributed by atoms with Gasteiger partial charge in [0.25, 0.3) is 0 Å². The molecule has 3 heterocycles. The summed E-state index contributed by atoms with van der Waals surface area (Å²) in [6, 6.07) is 0. The third-order valence-corrected chi connectivity index (χ3v) is 4.22. The molecule has 3 aliphatic heterocycles. The maximum atomic E-state index is 6.39. The first-order chi connectivity index (χ1) is 9.86. The lowest BCUT2D eigenvalue weighted by Gasteiger charge is -2.34. The number of aliphatic imine (C=N–C) groups is 1. The molecular weight excluding hydrogens is 252 g/mol. The Kier molecular flexibility index (Phi) is 4.65. The van der Waals surface area contributed by atoms with Gasteiger partial charge in [0.1, 0.15) is 5.60 Å². The van der Waals surface area contributed by atoms with Gasteiger partial charge in [-0.25, -0.2) is 0 Å². The molecule has 110 valence electrons. The molecule has 1 N–H and O–H groups in total. The van der Waals surface area contributed by atoms with E-state index < -0.39 is 0 Å². The van der Waals surface area contributed by atoms with Crippen LogP contribution in [0.15, 0.2) is 29.4 Å². The Bertz CT molecular complexity index is 393. The van der Waals surface area contributed by atoms with E-state index in [1.54, 1.807) is 0 Å². The zero-order valence-corrected chi connectivity index (χ0v) is 12.0. The molecule has 3 rings (SSSR count). The first-order valence-electron chi connectivity index (χ1n) is 7.71. The van der Waals surface area contributed by atoms with Crippen LogP contribution in [0.2, 0.25) is 0 Å². The van der Waals surface area contributed by atoms with Crippen LogP contribution >= 0.6 is 0 Å². The van der Waals surface area contributed by atoms with Crippen molar-refractivity contribution in [3.05, 3.63) is 24.4 Å². The van der Waals surface area contributed by atoms with Gasteiger partial charge in [-0.2, -0.15) is 0 Å². The van der Waals surface area contributed by atoms with Gasteiger partial charge in [0.15, 0.2) is 0 Å². The highest BCUT2D eigenvalue weighted by Crippen LogP contribution is 2.26. The van der Waals surface area contributed by atoms with Crippen LogP contribution < -0.4 is 5.32 Å². The van der Waals surface area contributed by atoms with Crippen LogP contribution in [0.5, 0.6) is 0 Å². The third kappa shape index (κ3) is 3.57. The number of nitrogens with zero attached hydrogens (tertiary/aromatic N) is 1. The molecule has 0 spiro atoms. The van der Waals surface area contributed by atoms with Crippen LogP contribution in [0, 0.1) is 5.92 Å². The van der Waals surface area contributed by atoms with Gasteiger partial charge < -0.3 is 14.8 Å². The lowest BCUT2D eigenvalue weighted by Crippen LogP contribution is -2.39. The summed E-state index contributed by atoms with van der Waals surface area (Å²) in [6.07, 6.45) is 14.8. The summed E-state index contributed by atoms with van der Waals surface area (Å²) >= 11 is 0. The number of ether oxygens (including phenoxy) is 2. The van der Waals surface area contributed by atoms with Crippen molar-refractivity contribution in [3.63, 3.8) is 0 Å². The van der Waals surface area contributed by atoms with E-state index in [1.807, 2.05) is 12.4 Å². The molecular formula is C16H24N2O2. The Labute approximate surface area is 120 Å². The Morgan fingerprint density at radius 2 is 2.20 bits per heavy atom. The predicted octanol–water partition coefficient (Wildman–Crippen LogP) is 2.07.